The number of rotatable bonds is 7. The van der Waals surface area contributed by atoms with Gasteiger partial charge >= 0.3 is 0 Å². The minimum absolute atomic E-state index is 0.391. The first kappa shape index (κ1) is 12.6. The van der Waals surface area contributed by atoms with Crippen molar-refractivity contribution in [3.05, 3.63) is 30.9 Å². The van der Waals surface area contributed by atoms with Gasteiger partial charge in [-0.15, -0.1) is 6.58 Å². The first-order valence-corrected chi connectivity index (χ1v) is 5.73. The Hall–Kier alpha value is -1.51. The van der Waals surface area contributed by atoms with Gasteiger partial charge in [-0.2, -0.15) is 4.98 Å². The maximum atomic E-state index is 5.34. The van der Waals surface area contributed by atoms with Crippen LogP contribution in [0.4, 0.5) is 5.82 Å². The predicted octanol–water partition coefficient (Wildman–Crippen LogP) is 3.25. The van der Waals surface area contributed by atoms with Crippen LogP contribution >= 0.6 is 0 Å². The third-order valence-electron chi connectivity index (χ3n) is 2.21. The van der Waals surface area contributed by atoms with E-state index < -0.39 is 0 Å². The minimum atomic E-state index is 0.391. The number of hydrogen-bond acceptors (Lipinski definition) is 3. The van der Waals surface area contributed by atoms with Crippen LogP contribution in [0.1, 0.15) is 26.7 Å². The van der Waals surface area contributed by atoms with E-state index in [1.54, 1.807) is 0 Å². The third-order valence-corrected chi connectivity index (χ3v) is 2.21. The molecule has 0 aromatic carbocycles. The number of allylic oxidation sites excluding steroid dienone is 1. The van der Waals surface area contributed by atoms with Crippen LogP contribution in [0.5, 0.6) is 5.88 Å². The van der Waals surface area contributed by atoms with Gasteiger partial charge in [-0.25, -0.2) is 0 Å². The van der Waals surface area contributed by atoms with E-state index in [9.17, 15) is 0 Å². The van der Waals surface area contributed by atoms with Crippen LogP contribution in [0, 0.1) is 0 Å². The molecule has 1 heterocycles. The lowest BCUT2D eigenvalue weighted by Crippen LogP contribution is -2.15. The standard InChI is InChI=1S/C13H20N2O/c1-4-6-8-11(3)14-12-9-7-10-13(15-12)16-5-2/h4,7,9-11H,1,5-6,8H2,2-3H3,(H,14,15). The van der Waals surface area contributed by atoms with Crippen molar-refractivity contribution in [2.24, 2.45) is 0 Å². The Bertz CT molecular complexity index is 325. The van der Waals surface area contributed by atoms with Crippen LogP contribution in [0.2, 0.25) is 0 Å². The zero-order valence-corrected chi connectivity index (χ0v) is 10.1. The van der Waals surface area contributed by atoms with Crippen LogP contribution < -0.4 is 10.1 Å². The van der Waals surface area contributed by atoms with E-state index in [0.29, 0.717) is 18.5 Å². The Balaban J connectivity index is 2.52. The molecule has 1 aromatic heterocycles. The fraction of sp³-hybridized carbons (Fsp3) is 0.462. The molecular formula is C13H20N2O. The highest BCUT2D eigenvalue weighted by atomic mass is 16.5. The number of nitrogens with zero attached hydrogens (tertiary/aromatic N) is 1. The largest absolute Gasteiger partial charge is 0.478 e. The fourth-order valence-corrected chi connectivity index (χ4v) is 1.42. The average molecular weight is 220 g/mol. The Morgan fingerprint density at radius 2 is 2.38 bits per heavy atom. The molecule has 0 radical (unpaired) electrons. The van der Waals surface area contributed by atoms with Gasteiger partial charge in [-0.1, -0.05) is 12.1 Å². The second-order valence-corrected chi connectivity index (χ2v) is 3.71. The molecule has 0 spiro atoms. The van der Waals surface area contributed by atoms with E-state index >= 15 is 0 Å². The molecule has 0 saturated carbocycles. The summed E-state index contributed by atoms with van der Waals surface area (Å²) in [6.45, 7) is 8.45. The molecule has 1 unspecified atom stereocenters. The zero-order chi connectivity index (χ0) is 11.8. The minimum Gasteiger partial charge on any atom is -0.478 e. The molecule has 1 aromatic rings. The lowest BCUT2D eigenvalue weighted by atomic mass is 10.2. The molecule has 16 heavy (non-hydrogen) atoms. The van der Waals surface area contributed by atoms with E-state index in [4.69, 9.17) is 4.74 Å². The van der Waals surface area contributed by atoms with Crippen molar-refractivity contribution in [1.82, 2.24) is 4.98 Å². The highest BCUT2D eigenvalue weighted by Crippen LogP contribution is 2.13. The average Bonchev–Trinajstić information content (AvgIpc) is 2.27. The zero-order valence-electron chi connectivity index (χ0n) is 10.1. The van der Waals surface area contributed by atoms with Gasteiger partial charge in [0.2, 0.25) is 5.88 Å². The van der Waals surface area contributed by atoms with Crippen molar-refractivity contribution >= 4 is 5.82 Å². The van der Waals surface area contributed by atoms with Crippen molar-refractivity contribution in [1.29, 1.82) is 0 Å². The molecular weight excluding hydrogens is 200 g/mol. The molecule has 88 valence electrons. The molecule has 0 saturated heterocycles. The second-order valence-electron chi connectivity index (χ2n) is 3.71. The quantitative estimate of drug-likeness (QED) is 0.716. The number of aromatic nitrogens is 1. The number of anilines is 1. The summed E-state index contributed by atoms with van der Waals surface area (Å²) >= 11 is 0. The topological polar surface area (TPSA) is 34.1 Å². The first-order valence-electron chi connectivity index (χ1n) is 5.73. The molecule has 0 aliphatic carbocycles. The van der Waals surface area contributed by atoms with Crippen molar-refractivity contribution in [3.8, 4) is 5.88 Å². The second kappa shape index (κ2) is 6.88. The van der Waals surface area contributed by atoms with E-state index in [1.165, 1.54) is 0 Å². The summed E-state index contributed by atoms with van der Waals surface area (Å²) in [4.78, 5) is 4.35. The van der Waals surface area contributed by atoms with E-state index in [0.717, 1.165) is 18.7 Å². The number of hydrogen-bond donors (Lipinski definition) is 1. The Morgan fingerprint density at radius 1 is 1.56 bits per heavy atom. The number of nitrogens with one attached hydrogen (secondary N) is 1. The molecule has 0 aliphatic rings. The number of pyridine rings is 1. The maximum absolute atomic E-state index is 5.34. The van der Waals surface area contributed by atoms with Gasteiger partial charge in [-0.3, -0.25) is 0 Å². The van der Waals surface area contributed by atoms with Crippen LogP contribution in [-0.2, 0) is 0 Å². The summed E-state index contributed by atoms with van der Waals surface area (Å²) in [7, 11) is 0. The summed E-state index contributed by atoms with van der Waals surface area (Å²) in [6, 6.07) is 6.15. The van der Waals surface area contributed by atoms with Gasteiger partial charge in [0.25, 0.3) is 0 Å². The third kappa shape index (κ3) is 4.34. The van der Waals surface area contributed by atoms with Crippen LogP contribution in [-0.4, -0.2) is 17.6 Å². The lowest BCUT2D eigenvalue weighted by molar-refractivity contribution is 0.327. The highest BCUT2D eigenvalue weighted by molar-refractivity contribution is 5.37. The van der Waals surface area contributed by atoms with E-state index in [1.807, 2.05) is 31.2 Å². The summed E-state index contributed by atoms with van der Waals surface area (Å²) in [6.07, 6.45) is 4.01. The SMILES string of the molecule is C=CCCC(C)Nc1cccc(OCC)n1. The van der Waals surface area contributed by atoms with Crippen LogP contribution in [0.3, 0.4) is 0 Å². The Labute approximate surface area is 97.5 Å². The van der Waals surface area contributed by atoms with Gasteiger partial charge < -0.3 is 10.1 Å². The summed E-state index contributed by atoms with van der Waals surface area (Å²) < 4.78 is 5.34. The molecule has 0 amide bonds. The molecule has 3 nitrogen and oxygen atoms in total. The molecule has 1 atom stereocenters. The molecule has 0 fully saturated rings. The van der Waals surface area contributed by atoms with Gasteiger partial charge in [0.15, 0.2) is 0 Å². The van der Waals surface area contributed by atoms with Crippen molar-refractivity contribution in [3.63, 3.8) is 0 Å². The van der Waals surface area contributed by atoms with Crippen molar-refractivity contribution in [2.45, 2.75) is 32.7 Å². The summed E-state index contributed by atoms with van der Waals surface area (Å²) in [5.74, 6) is 1.53. The van der Waals surface area contributed by atoms with E-state index in [-0.39, 0.29) is 0 Å². The molecule has 0 bridgehead atoms. The molecule has 0 aliphatic heterocycles. The summed E-state index contributed by atoms with van der Waals surface area (Å²) in [5, 5.41) is 3.34. The lowest BCUT2D eigenvalue weighted by Gasteiger charge is -2.14. The molecule has 1 N–H and O–H groups in total. The maximum Gasteiger partial charge on any atom is 0.215 e. The number of ether oxygens (including phenoxy) is 1. The smallest absolute Gasteiger partial charge is 0.215 e. The van der Waals surface area contributed by atoms with Crippen molar-refractivity contribution in [2.75, 3.05) is 11.9 Å². The fourth-order valence-electron chi connectivity index (χ4n) is 1.42. The normalized spacial score (nSPS) is 11.9. The Kier molecular flexibility index (Phi) is 5.40. The van der Waals surface area contributed by atoms with Gasteiger partial charge in [-0.05, 0) is 32.8 Å². The van der Waals surface area contributed by atoms with Gasteiger partial charge in [0, 0.05) is 12.1 Å². The van der Waals surface area contributed by atoms with Gasteiger partial charge in [0.1, 0.15) is 5.82 Å². The Morgan fingerprint density at radius 3 is 3.06 bits per heavy atom. The molecule has 3 heteroatoms. The van der Waals surface area contributed by atoms with Gasteiger partial charge in [0.05, 0.1) is 6.61 Å². The monoisotopic (exact) mass is 220 g/mol. The highest BCUT2D eigenvalue weighted by Gasteiger charge is 2.02. The van der Waals surface area contributed by atoms with Crippen LogP contribution in [0.25, 0.3) is 0 Å². The first-order chi connectivity index (χ1) is 7.76. The summed E-state index contributed by atoms with van der Waals surface area (Å²) in [5.41, 5.74) is 0. The predicted molar refractivity (Wildman–Crippen MR) is 67.9 cm³/mol. The molecule has 1 rings (SSSR count). The van der Waals surface area contributed by atoms with Crippen molar-refractivity contribution < 1.29 is 4.74 Å². The van der Waals surface area contributed by atoms with E-state index in [2.05, 4.69) is 23.8 Å². The van der Waals surface area contributed by atoms with Crippen LogP contribution in [0.15, 0.2) is 30.9 Å².